The van der Waals surface area contributed by atoms with E-state index in [1.54, 1.807) is 0 Å². The van der Waals surface area contributed by atoms with Crippen molar-refractivity contribution < 1.29 is 4.74 Å². The second-order valence-electron chi connectivity index (χ2n) is 9.28. The Labute approximate surface area is 163 Å². The summed E-state index contributed by atoms with van der Waals surface area (Å²) in [5.74, 6) is 1.80. The van der Waals surface area contributed by atoms with Crippen molar-refractivity contribution in [3.05, 3.63) is 0 Å². The van der Waals surface area contributed by atoms with E-state index in [9.17, 15) is 5.26 Å². The minimum absolute atomic E-state index is 0.181. The van der Waals surface area contributed by atoms with Crippen molar-refractivity contribution >= 4 is 0 Å². The predicted molar refractivity (Wildman–Crippen MR) is 110 cm³/mol. The van der Waals surface area contributed by atoms with E-state index in [1.165, 1.54) is 89.9 Å². The summed E-state index contributed by atoms with van der Waals surface area (Å²) in [6.07, 6.45) is 21.1. The molecule has 2 aliphatic rings. The molecule has 0 atom stereocenters. The standard InChI is InChI=1S/C24H43NO/c1-3-5-7-9-21-11-13-23(14-12-21)26-20-24(19-25)17-15-22(16-18-24)10-8-6-4-2/h21-23H,3-18,20H2,1-2H3/t21-,22-,23-,24+. The van der Waals surface area contributed by atoms with Crippen molar-refractivity contribution in [1.82, 2.24) is 0 Å². The topological polar surface area (TPSA) is 33.0 Å². The average molecular weight is 362 g/mol. The van der Waals surface area contributed by atoms with Crippen molar-refractivity contribution in [1.29, 1.82) is 5.26 Å². The molecule has 0 aromatic heterocycles. The van der Waals surface area contributed by atoms with Crippen LogP contribution in [0.5, 0.6) is 0 Å². The van der Waals surface area contributed by atoms with E-state index in [1.807, 2.05) is 0 Å². The Hall–Kier alpha value is -0.550. The number of nitrogens with zero attached hydrogens (tertiary/aromatic N) is 1. The van der Waals surface area contributed by atoms with Crippen LogP contribution in [-0.4, -0.2) is 12.7 Å². The quantitative estimate of drug-likeness (QED) is 0.359. The van der Waals surface area contributed by atoms with Crippen LogP contribution in [0.2, 0.25) is 0 Å². The van der Waals surface area contributed by atoms with Crippen molar-refractivity contribution in [2.24, 2.45) is 17.3 Å². The monoisotopic (exact) mass is 361 g/mol. The lowest BCUT2D eigenvalue weighted by molar-refractivity contribution is -0.0300. The van der Waals surface area contributed by atoms with Crippen molar-refractivity contribution in [3.8, 4) is 6.07 Å². The number of ether oxygens (including phenoxy) is 1. The largest absolute Gasteiger partial charge is 0.377 e. The van der Waals surface area contributed by atoms with Gasteiger partial charge in [-0.2, -0.15) is 5.26 Å². The van der Waals surface area contributed by atoms with Crippen LogP contribution in [0.25, 0.3) is 0 Å². The maximum Gasteiger partial charge on any atom is 0.0807 e. The molecule has 0 aromatic rings. The minimum Gasteiger partial charge on any atom is -0.377 e. The van der Waals surface area contributed by atoms with Gasteiger partial charge in [0.2, 0.25) is 0 Å². The molecule has 150 valence electrons. The second-order valence-corrected chi connectivity index (χ2v) is 9.28. The molecule has 0 amide bonds. The zero-order valence-corrected chi connectivity index (χ0v) is 17.6. The third-order valence-corrected chi connectivity index (χ3v) is 7.12. The summed E-state index contributed by atoms with van der Waals surface area (Å²) < 4.78 is 6.30. The predicted octanol–water partition coefficient (Wildman–Crippen LogP) is 7.42. The molecular weight excluding hydrogens is 318 g/mol. The maximum absolute atomic E-state index is 9.80. The maximum atomic E-state index is 9.80. The molecule has 0 heterocycles. The van der Waals surface area contributed by atoms with Gasteiger partial charge in [0.05, 0.1) is 24.2 Å². The molecule has 0 aliphatic heterocycles. The highest BCUT2D eigenvalue weighted by atomic mass is 16.5. The third kappa shape index (κ3) is 7.22. The van der Waals surface area contributed by atoms with Crippen LogP contribution in [0.15, 0.2) is 0 Å². The Morgan fingerprint density at radius 3 is 1.85 bits per heavy atom. The van der Waals surface area contributed by atoms with Gasteiger partial charge in [-0.15, -0.1) is 0 Å². The van der Waals surface area contributed by atoms with Gasteiger partial charge in [0.15, 0.2) is 0 Å². The third-order valence-electron chi connectivity index (χ3n) is 7.12. The first kappa shape index (κ1) is 21.7. The lowest BCUT2D eigenvalue weighted by Crippen LogP contribution is -2.34. The van der Waals surface area contributed by atoms with Gasteiger partial charge in [0, 0.05) is 0 Å². The molecule has 0 aromatic carbocycles. The van der Waals surface area contributed by atoms with Crippen molar-refractivity contribution in [3.63, 3.8) is 0 Å². The van der Waals surface area contributed by atoms with Gasteiger partial charge in [0.1, 0.15) is 0 Å². The summed E-state index contributed by atoms with van der Waals surface area (Å²) in [7, 11) is 0. The molecule has 0 radical (unpaired) electrons. The highest BCUT2D eigenvalue weighted by Gasteiger charge is 2.36. The number of unbranched alkanes of at least 4 members (excludes halogenated alkanes) is 4. The van der Waals surface area contributed by atoms with Crippen LogP contribution in [0.1, 0.15) is 117 Å². The molecule has 0 bridgehead atoms. The summed E-state index contributed by atoms with van der Waals surface area (Å²) in [5.41, 5.74) is -0.181. The molecule has 2 aliphatic carbocycles. The van der Waals surface area contributed by atoms with E-state index in [-0.39, 0.29) is 5.41 Å². The van der Waals surface area contributed by atoms with E-state index >= 15 is 0 Å². The van der Waals surface area contributed by atoms with Crippen LogP contribution < -0.4 is 0 Å². The van der Waals surface area contributed by atoms with Gasteiger partial charge in [-0.3, -0.25) is 0 Å². The van der Waals surface area contributed by atoms with Gasteiger partial charge in [-0.25, -0.2) is 0 Å². The van der Waals surface area contributed by atoms with Crippen molar-refractivity contribution in [2.45, 2.75) is 123 Å². The highest BCUT2D eigenvalue weighted by Crippen LogP contribution is 2.41. The van der Waals surface area contributed by atoms with Gasteiger partial charge in [0.25, 0.3) is 0 Å². The first-order chi connectivity index (χ1) is 12.7. The average Bonchev–Trinajstić information content (AvgIpc) is 2.69. The Balaban J connectivity index is 1.64. The second kappa shape index (κ2) is 12.0. The molecule has 0 saturated heterocycles. The van der Waals surface area contributed by atoms with Crippen LogP contribution in [0, 0.1) is 28.6 Å². The molecule has 0 unspecified atom stereocenters. The molecule has 2 saturated carbocycles. The van der Waals surface area contributed by atoms with E-state index < -0.39 is 0 Å². The summed E-state index contributed by atoms with van der Waals surface area (Å²) >= 11 is 0. The minimum atomic E-state index is -0.181. The summed E-state index contributed by atoms with van der Waals surface area (Å²) in [6.45, 7) is 5.25. The van der Waals surface area contributed by atoms with Gasteiger partial charge >= 0.3 is 0 Å². The molecule has 2 heteroatoms. The fraction of sp³-hybridized carbons (Fsp3) is 0.958. The highest BCUT2D eigenvalue weighted by molar-refractivity contribution is 5.02. The molecule has 2 nitrogen and oxygen atoms in total. The van der Waals surface area contributed by atoms with Gasteiger partial charge < -0.3 is 4.74 Å². The fourth-order valence-electron chi connectivity index (χ4n) is 5.04. The van der Waals surface area contributed by atoms with E-state index in [0.29, 0.717) is 12.7 Å². The zero-order chi connectivity index (χ0) is 18.7. The lowest BCUT2D eigenvalue weighted by atomic mass is 9.70. The SMILES string of the molecule is CCCCC[C@H]1CC[C@H](OC[C@]2(C#N)CC[C@H](CCCCC)CC2)CC1. The molecule has 2 fully saturated rings. The Kier molecular flexibility index (Phi) is 10.1. The smallest absolute Gasteiger partial charge is 0.0807 e. The summed E-state index contributed by atoms with van der Waals surface area (Å²) in [4.78, 5) is 0. The van der Waals surface area contributed by atoms with E-state index in [2.05, 4.69) is 19.9 Å². The van der Waals surface area contributed by atoms with E-state index in [0.717, 1.165) is 24.7 Å². The Morgan fingerprint density at radius 1 is 0.808 bits per heavy atom. The van der Waals surface area contributed by atoms with E-state index in [4.69, 9.17) is 4.74 Å². The summed E-state index contributed by atoms with van der Waals surface area (Å²) in [6, 6.07) is 2.66. The zero-order valence-electron chi connectivity index (χ0n) is 17.6. The molecule has 0 N–H and O–H groups in total. The first-order valence-corrected chi connectivity index (χ1v) is 11.7. The van der Waals surface area contributed by atoms with Crippen LogP contribution >= 0.6 is 0 Å². The lowest BCUT2D eigenvalue weighted by Gasteiger charge is -2.37. The van der Waals surface area contributed by atoms with Crippen LogP contribution in [0.3, 0.4) is 0 Å². The normalized spacial score (nSPS) is 32.3. The van der Waals surface area contributed by atoms with Crippen LogP contribution in [-0.2, 0) is 4.74 Å². The number of hydrogen-bond donors (Lipinski definition) is 0. The number of nitriles is 1. The number of hydrogen-bond acceptors (Lipinski definition) is 2. The fourth-order valence-corrected chi connectivity index (χ4v) is 5.04. The van der Waals surface area contributed by atoms with Crippen molar-refractivity contribution in [2.75, 3.05) is 6.61 Å². The molecular formula is C24H43NO. The van der Waals surface area contributed by atoms with Crippen LogP contribution in [0.4, 0.5) is 0 Å². The molecule has 0 spiro atoms. The number of rotatable bonds is 11. The molecule has 26 heavy (non-hydrogen) atoms. The van der Waals surface area contributed by atoms with Gasteiger partial charge in [-0.05, 0) is 63.2 Å². The Bertz CT molecular complexity index is 397. The first-order valence-electron chi connectivity index (χ1n) is 11.7. The Morgan fingerprint density at radius 2 is 1.35 bits per heavy atom. The summed E-state index contributed by atoms with van der Waals surface area (Å²) in [5, 5.41) is 9.80. The van der Waals surface area contributed by atoms with Gasteiger partial charge in [-0.1, -0.05) is 65.2 Å². The molecule has 2 rings (SSSR count).